The fourth-order valence-corrected chi connectivity index (χ4v) is 3.77. The molecule has 1 aromatic carbocycles. The molecule has 1 rings (SSSR count). The summed E-state index contributed by atoms with van der Waals surface area (Å²) in [6, 6.07) is 5.44. The van der Waals surface area contributed by atoms with E-state index in [2.05, 4.69) is 11.6 Å². The Morgan fingerprint density at radius 3 is 2.19 bits per heavy atom. The molecule has 0 spiro atoms. The van der Waals surface area contributed by atoms with Gasteiger partial charge in [-0.1, -0.05) is 63.1 Å². The van der Waals surface area contributed by atoms with Crippen LogP contribution < -0.4 is 4.72 Å². The number of aryl methyl sites for hydroxylation is 2. The molecule has 0 saturated carbocycles. The second-order valence-electron chi connectivity index (χ2n) is 5.79. The van der Waals surface area contributed by atoms with Gasteiger partial charge in [-0.15, -0.1) is 0 Å². The Labute approximate surface area is 130 Å². The van der Waals surface area contributed by atoms with Crippen molar-refractivity contribution in [1.82, 2.24) is 4.72 Å². The van der Waals surface area contributed by atoms with Gasteiger partial charge in [0.2, 0.25) is 10.0 Å². The summed E-state index contributed by atoms with van der Waals surface area (Å²) in [6.07, 6.45) is 8.33. The van der Waals surface area contributed by atoms with Crippen molar-refractivity contribution >= 4 is 10.0 Å². The lowest BCUT2D eigenvalue weighted by molar-refractivity contribution is 0.563. The minimum Gasteiger partial charge on any atom is -0.211 e. The van der Waals surface area contributed by atoms with Crippen LogP contribution in [0.5, 0.6) is 0 Å². The predicted molar refractivity (Wildman–Crippen MR) is 89.1 cm³/mol. The van der Waals surface area contributed by atoms with Crippen LogP contribution in [0.15, 0.2) is 23.1 Å². The van der Waals surface area contributed by atoms with Crippen molar-refractivity contribution in [3.8, 4) is 0 Å². The molecule has 21 heavy (non-hydrogen) atoms. The summed E-state index contributed by atoms with van der Waals surface area (Å²) in [5.74, 6) is 0. The lowest BCUT2D eigenvalue weighted by atomic mass is 10.1. The summed E-state index contributed by atoms with van der Waals surface area (Å²) < 4.78 is 27.2. The SMILES string of the molecule is CCCCCCCCCNS(=O)(=O)c1ccc(C)cc1C. The van der Waals surface area contributed by atoms with Crippen molar-refractivity contribution < 1.29 is 8.42 Å². The average molecular weight is 311 g/mol. The third-order valence-electron chi connectivity index (χ3n) is 3.69. The summed E-state index contributed by atoms with van der Waals surface area (Å²) in [7, 11) is -3.36. The predicted octanol–water partition coefficient (Wildman–Crippen LogP) is 4.33. The van der Waals surface area contributed by atoms with Gasteiger partial charge in [0.05, 0.1) is 4.90 Å². The highest BCUT2D eigenvalue weighted by Crippen LogP contribution is 2.16. The molecule has 3 nitrogen and oxygen atoms in total. The quantitative estimate of drug-likeness (QED) is 0.654. The molecule has 0 unspecified atom stereocenters. The Kier molecular flexibility index (Phi) is 7.97. The van der Waals surface area contributed by atoms with Crippen LogP contribution in [-0.2, 0) is 10.0 Å². The zero-order chi connectivity index (χ0) is 15.7. The normalized spacial score (nSPS) is 11.8. The molecule has 0 aromatic heterocycles. The molecule has 1 aromatic rings. The Hall–Kier alpha value is -0.870. The van der Waals surface area contributed by atoms with E-state index in [1.807, 2.05) is 26.0 Å². The van der Waals surface area contributed by atoms with Gasteiger partial charge in [0.15, 0.2) is 0 Å². The van der Waals surface area contributed by atoms with E-state index in [9.17, 15) is 8.42 Å². The molecule has 120 valence electrons. The maximum absolute atomic E-state index is 12.2. The Morgan fingerprint density at radius 2 is 1.57 bits per heavy atom. The standard InChI is InChI=1S/C17H29NO2S/c1-4-5-6-7-8-9-10-13-18-21(19,20)17-12-11-15(2)14-16(17)3/h11-12,14,18H,4-10,13H2,1-3H3. The Morgan fingerprint density at radius 1 is 0.952 bits per heavy atom. The number of nitrogens with one attached hydrogen (secondary N) is 1. The van der Waals surface area contributed by atoms with Gasteiger partial charge in [-0.2, -0.15) is 0 Å². The number of rotatable bonds is 10. The molecule has 0 saturated heterocycles. The van der Waals surface area contributed by atoms with Crippen LogP contribution in [0.1, 0.15) is 63.0 Å². The van der Waals surface area contributed by atoms with E-state index >= 15 is 0 Å². The number of hydrogen-bond donors (Lipinski definition) is 1. The smallest absolute Gasteiger partial charge is 0.211 e. The molecule has 0 heterocycles. The minimum atomic E-state index is -3.36. The van der Waals surface area contributed by atoms with Crippen LogP contribution in [-0.4, -0.2) is 15.0 Å². The van der Waals surface area contributed by atoms with Gasteiger partial charge in [-0.3, -0.25) is 0 Å². The van der Waals surface area contributed by atoms with E-state index in [-0.39, 0.29) is 0 Å². The lowest BCUT2D eigenvalue weighted by Gasteiger charge is -2.10. The van der Waals surface area contributed by atoms with E-state index in [0.717, 1.165) is 24.0 Å². The van der Waals surface area contributed by atoms with E-state index in [1.54, 1.807) is 6.07 Å². The van der Waals surface area contributed by atoms with Crippen LogP contribution in [0.2, 0.25) is 0 Å². The number of hydrogen-bond acceptors (Lipinski definition) is 2. The van der Waals surface area contributed by atoms with Crippen molar-refractivity contribution in [3.63, 3.8) is 0 Å². The van der Waals surface area contributed by atoms with Gasteiger partial charge in [0, 0.05) is 6.54 Å². The first-order valence-electron chi connectivity index (χ1n) is 8.04. The molecule has 0 aliphatic carbocycles. The highest BCUT2D eigenvalue weighted by Gasteiger charge is 2.15. The van der Waals surface area contributed by atoms with Crippen LogP contribution in [0.25, 0.3) is 0 Å². The summed E-state index contributed by atoms with van der Waals surface area (Å²) in [5.41, 5.74) is 1.89. The third-order valence-corrected chi connectivity index (χ3v) is 5.31. The molecule has 0 amide bonds. The van der Waals surface area contributed by atoms with Crippen molar-refractivity contribution in [3.05, 3.63) is 29.3 Å². The first kappa shape index (κ1) is 18.2. The van der Waals surface area contributed by atoms with Crippen molar-refractivity contribution in [2.24, 2.45) is 0 Å². The molecule has 0 aliphatic heterocycles. The molecule has 0 fully saturated rings. The fourth-order valence-electron chi connectivity index (χ4n) is 2.47. The number of unbranched alkanes of at least 4 members (excludes halogenated alkanes) is 6. The van der Waals surface area contributed by atoms with Crippen molar-refractivity contribution in [2.75, 3.05) is 6.54 Å². The Balaban J connectivity index is 2.33. The van der Waals surface area contributed by atoms with E-state index in [0.29, 0.717) is 11.4 Å². The number of benzene rings is 1. The molecule has 1 N–H and O–H groups in total. The van der Waals surface area contributed by atoms with E-state index < -0.39 is 10.0 Å². The molecule has 0 atom stereocenters. The first-order valence-corrected chi connectivity index (χ1v) is 9.52. The molecule has 0 aliphatic rings. The highest BCUT2D eigenvalue weighted by atomic mass is 32.2. The molecule has 0 radical (unpaired) electrons. The molecule has 0 bridgehead atoms. The average Bonchev–Trinajstić information content (AvgIpc) is 2.41. The second-order valence-corrected chi connectivity index (χ2v) is 7.52. The van der Waals surface area contributed by atoms with Gasteiger partial charge in [0.1, 0.15) is 0 Å². The summed E-state index contributed by atoms with van der Waals surface area (Å²) in [5, 5.41) is 0. The molecular formula is C17H29NO2S. The Bertz CT molecular complexity index is 524. The van der Waals surface area contributed by atoms with Crippen molar-refractivity contribution in [1.29, 1.82) is 0 Å². The maximum Gasteiger partial charge on any atom is 0.240 e. The minimum absolute atomic E-state index is 0.399. The zero-order valence-corrected chi connectivity index (χ0v) is 14.4. The van der Waals surface area contributed by atoms with E-state index in [1.165, 1.54) is 32.1 Å². The van der Waals surface area contributed by atoms with Crippen LogP contribution in [0.4, 0.5) is 0 Å². The van der Waals surface area contributed by atoms with Crippen LogP contribution in [0.3, 0.4) is 0 Å². The monoisotopic (exact) mass is 311 g/mol. The molecular weight excluding hydrogens is 282 g/mol. The summed E-state index contributed by atoms with van der Waals surface area (Å²) in [4.78, 5) is 0.399. The van der Waals surface area contributed by atoms with Gasteiger partial charge in [-0.25, -0.2) is 13.1 Å². The third kappa shape index (κ3) is 6.62. The van der Waals surface area contributed by atoms with Crippen LogP contribution in [0, 0.1) is 13.8 Å². The van der Waals surface area contributed by atoms with Gasteiger partial charge in [-0.05, 0) is 31.9 Å². The van der Waals surface area contributed by atoms with Gasteiger partial charge >= 0.3 is 0 Å². The first-order chi connectivity index (χ1) is 9.97. The topological polar surface area (TPSA) is 46.2 Å². The summed E-state index contributed by atoms with van der Waals surface area (Å²) >= 11 is 0. The summed E-state index contributed by atoms with van der Waals surface area (Å²) in [6.45, 7) is 6.55. The maximum atomic E-state index is 12.2. The highest BCUT2D eigenvalue weighted by molar-refractivity contribution is 7.89. The van der Waals surface area contributed by atoms with E-state index in [4.69, 9.17) is 0 Å². The molecule has 4 heteroatoms. The van der Waals surface area contributed by atoms with Gasteiger partial charge in [0.25, 0.3) is 0 Å². The lowest BCUT2D eigenvalue weighted by Crippen LogP contribution is -2.25. The van der Waals surface area contributed by atoms with Crippen LogP contribution >= 0.6 is 0 Å². The largest absolute Gasteiger partial charge is 0.240 e. The van der Waals surface area contributed by atoms with Gasteiger partial charge < -0.3 is 0 Å². The van der Waals surface area contributed by atoms with Crippen molar-refractivity contribution in [2.45, 2.75) is 70.6 Å². The second kappa shape index (κ2) is 9.21. The fraction of sp³-hybridized carbons (Fsp3) is 0.647. The zero-order valence-electron chi connectivity index (χ0n) is 13.6. The number of sulfonamides is 1.